The van der Waals surface area contributed by atoms with Crippen LogP contribution in [-0.4, -0.2) is 66.7 Å². The first-order valence-corrected chi connectivity index (χ1v) is 8.25. The Labute approximate surface area is 134 Å². The molecule has 0 aromatic carbocycles. The number of rotatable bonds is 8. The molecule has 1 saturated heterocycles. The molecule has 1 aliphatic heterocycles. The summed E-state index contributed by atoms with van der Waals surface area (Å²) in [5, 5.41) is 12.0. The molecule has 2 unspecified atom stereocenters. The molecule has 1 aliphatic rings. The van der Waals surface area contributed by atoms with Gasteiger partial charge in [0.05, 0.1) is 19.8 Å². The summed E-state index contributed by atoms with van der Waals surface area (Å²) in [6.45, 7) is 10.4. The number of carbonyl (C=O) groups excluding carboxylic acids is 1. The van der Waals surface area contributed by atoms with Gasteiger partial charge in [0.1, 0.15) is 5.60 Å². The molecule has 0 aromatic heterocycles. The summed E-state index contributed by atoms with van der Waals surface area (Å²) in [6.07, 6.45) is 2.79. The minimum atomic E-state index is -0.446. The highest BCUT2D eigenvalue weighted by Gasteiger charge is 2.32. The second-order valence-corrected chi connectivity index (χ2v) is 6.90. The average molecular weight is 316 g/mol. The van der Waals surface area contributed by atoms with Crippen molar-refractivity contribution in [3.63, 3.8) is 0 Å². The van der Waals surface area contributed by atoms with Crippen LogP contribution in [0.3, 0.4) is 0 Å². The standard InChI is InChI=1S/C16H32N2O4/c1-13(17-7-10-21-11-9-19)12-14-6-5-8-18(14)15(20)22-16(2,3)4/h13-14,17,19H,5-12H2,1-4H3. The molecule has 1 amide bonds. The van der Waals surface area contributed by atoms with E-state index in [2.05, 4.69) is 12.2 Å². The van der Waals surface area contributed by atoms with E-state index in [1.54, 1.807) is 0 Å². The zero-order valence-electron chi connectivity index (χ0n) is 14.4. The molecule has 0 saturated carbocycles. The van der Waals surface area contributed by atoms with E-state index in [-0.39, 0.29) is 18.7 Å². The summed E-state index contributed by atoms with van der Waals surface area (Å²) in [4.78, 5) is 14.1. The van der Waals surface area contributed by atoms with Crippen LogP contribution < -0.4 is 5.32 Å². The third-order valence-corrected chi connectivity index (χ3v) is 3.61. The molecule has 1 rings (SSSR count). The van der Waals surface area contributed by atoms with Crippen LogP contribution in [0.5, 0.6) is 0 Å². The van der Waals surface area contributed by atoms with Crippen molar-refractivity contribution in [3.05, 3.63) is 0 Å². The fraction of sp³-hybridized carbons (Fsp3) is 0.938. The van der Waals surface area contributed by atoms with Gasteiger partial charge in [-0.3, -0.25) is 0 Å². The number of likely N-dealkylation sites (tertiary alicyclic amines) is 1. The Kier molecular flexibility index (Phi) is 8.14. The van der Waals surface area contributed by atoms with Crippen molar-refractivity contribution in [2.75, 3.05) is 32.9 Å². The molecule has 1 fully saturated rings. The fourth-order valence-electron chi connectivity index (χ4n) is 2.68. The Bertz CT molecular complexity index is 331. The van der Waals surface area contributed by atoms with Crippen LogP contribution in [0.15, 0.2) is 0 Å². The molecule has 0 spiro atoms. The monoisotopic (exact) mass is 316 g/mol. The van der Waals surface area contributed by atoms with Gasteiger partial charge in [-0.25, -0.2) is 4.79 Å². The lowest BCUT2D eigenvalue weighted by Crippen LogP contribution is -2.43. The molecule has 130 valence electrons. The predicted octanol–water partition coefficient (Wildman–Crippen LogP) is 1.76. The molecular weight excluding hydrogens is 284 g/mol. The zero-order valence-corrected chi connectivity index (χ0v) is 14.4. The summed E-state index contributed by atoms with van der Waals surface area (Å²) in [5.74, 6) is 0. The van der Waals surface area contributed by atoms with Gasteiger partial charge in [-0.1, -0.05) is 0 Å². The maximum Gasteiger partial charge on any atom is 0.410 e. The topological polar surface area (TPSA) is 71.0 Å². The summed E-state index contributed by atoms with van der Waals surface area (Å²) < 4.78 is 10.7. The van der Waals surface area contributed by atoms with E-state index in [1.807, 2.05) is 25.7 Å². The number of amides is 1. The largest absolute Gasteiger partial charge is 0.444 e. The number of nitrogens with zero attached hydrogens (tertiary/aromatic N) is 1. The Morgan fingerprint density at radius 2 is 2.14 bits per heavy atom. The van der Waals surface area contributed by atoms with E-state index < -0.39 is 5.60 Å². The van der Waals surface area contributed by atoms with E-state index in [4.69, 9.17) is 14.6 Å². The van der Waals surface area contributed by atoms with E-state index in [0.29, 0.717) is 19.3 Å². The third kappa shape index (κ3) is 7.42. The van der Waals surface area contributed by atoms with E-state index in [0.717, 1.165) is 32.4 Å². The highest BCUT2D eigenvalue weighted by Crippen LogP contribution is 2.23. The van der Waals surface area contributed by atoms with Crippen LogP contribution in [0.2, 0.25) is 0 Å². The minimum Gasteiger partial charge on any atom is -0.444 e. The van der Waals surface area contributed by atoms with Crippen molar-refractivity contribution in [2.45, 2.75) is 64.6 Å². The van der Waals surface area contributed by atoms with Crippen LogP contribution in [0.4, 0.5) is 4.79 Å². The number of nitrogens with one attached hydrogen (secondary N) is 1. The first-order chi connectivity index (χ1) is 10.3. The van der Waals surface area contributed by atoms with Gasteiger partial charge < -0.3 is 24.8 Å². The van der Waals surface area contributed by atoms with Gasteiger partial charge in [0.2, 0.25) is 0 Å². The van der Waals surface area contributed by atoms with E-state index >= 15 is 0 Å². The van der Waals surface area contributed by atoms with Crippen molar-refractivity contribution in [2.24, 2.45) is 0 Å². The summed E-state index contributed by atoms with van der Waals surface area (Å²) >= 11 is 0. The predicted molar refractivity (Wildman–Crippen MR) is 85.9 cm³/mol. The summed E-state index contributed by atoms with van der Waals surface area (Å²) in [6, 6.07) is 0.557. The van der Waals surface area contributed by atoms with Crippen LogP contribution in [0, 0.1) is 0 Å². The van der Waals surface area contributed by atoms with Crippen LogP contribution in [0.1, 0.15) is 47.0 Å². The Morgan fingerprint density at radius 1 is 1.41 bits per heavy atom. The Morgan fingerprint density at radius 3 is 2.77 bits per heavy atom. The number of carbonyl (C=O) groups is 1. The molecule has 22 heavy (non-hydrogen) atoms. The first kappa shape index (κ1) is 19.2. The molecule has 2 atom stereocenters. The quantitative estimate of drug-likeness (QED) is 0.668. The van der Waals surface area contributed by atoms with Crippen LogP contribution in [0.25, 0.3) is 0 Å². The lowest BCUT2D eigenvalue weighted by Gasteiger charge is -2.30. The highest BCUT2D eigenvalue weighted by atomic mass is 16.6. The van der Waals surface area contributed by atoms with Gasteiger partial charge in [0.25, 0.3) is 0 Å². The third-order valence-electron chi connectivity index (χ3n) is 3.61. The second kappa shape index (κ2) is 9.33. The Hall–Kier alpha value is -0.850. The van der Waals surface area contributed by atoms with E-state index in [1.165, 1.54) is 0 Å². The molecule has 6 heteroatoms. The van der Waals surface area contributed by atoms with Gasteiger partial charge >= 0.3 is 6.09 Å². The Balaban J connectivity index is 2.32. The van der Waals surface area contributed by atoms with Crippen molar-refractivity contribution < 1.29 is 19.4 Å². The van der Waals surface area contributed by atoms with Crippen molar-refractivity contribution >= 4 is 6.09 Å². The first-order valence-electron chi connectivity index (χ1n) is 8.25. The molecule has 2 N–H and O–H groups in total. The van der Waals surface area contributed by atoms with Gasteiger partial charge in [-0.2, -0.15) is 0 Å². The molecule has 6 nitrogen and oxygen atoms in total. The summed E-state index contributed by atoms with van der Waals surface area (Å²) in [7, 11) is 0. The van der Waals surface area contributed by atoms with Gasteiger partial charge in [-0.05, 0) is 47.0 Å². The minimum absolute atomic E-state index is 0.0580. The average Bonchev–Trinajstić information content (AvgIpc) is 2.84. The summed E-state index contributed by atoms with van der Waals surface area (Å²) in [5.41, 5.74) is -0.446. The normalized spacial score (nSPS) is 20.2. The highest BCUT2D eigenvalue weighted by molar-refractivity contribution is 5.68. The number of hydrogen-bond donors (Lipinski definition) is 2. The molecule has 0 aromatic rings. The van der Waals surface area contributed by atoms with E-state index in [9.17, 15) is 4.79 Å². The molecule has 1 heterocycles. The van der Waals surface area contributed by atoms with Crippen LogP contribution >= 0.6 is 0 Å². The molecule has 0 aliphatic carbocycles. The molecular formula is C16H32N2O4. The van der Waals surface area contributed by atoms with Crippen molar-refractivity contribution in [1.82, 2.24) is 10.2 Å². The van der Waals surface area contributed by atoms with Crippen LogP contribution in [-0.2, 0) is 9.47 Å². The SMILES string of the molecule is CC(CC1CCCN1C(=O)OC(C)(C)C)NCCOCCO. The lowest BCUT2D eigenvalue weighted by molar-refractivity contribution is 0.0213. The number of hydrogen-bond acceptors (Lipinski definition) is 5. The maximum atomic E-state index is 12.2. The number of aliphatic hydroxyl groups excluding tert-OH is 1. The smallest absolute Gasteiger partial charge is 0.410 e. The van der Waals surface area contributed by atoms with Gasteiger partial charge in [0, 0.05) is 25.2 Å². The zero-order chi connectivity index (χ0) is 16.6. The number of ether oxygens (including phenoxy) is 2. The lowest BCUT2D eigenvalue weighted by atomic mass is 10.1. The maximum absolute atomic E-state index is 12.2. The fourth-order valence-corrected chi connectivity index (χ4v) is 2.68. The molecule has 0 bridgehead atoms. The second-order valence-electron chi connectivity index (χ2n) is 6.90. The van der Waals surface area contributed by atoms with Crippen molar-refractivity contribution in [3.8, 4) is 0 Å². The van der Waals surface area contributed by atoms with Gasteiger partial charge in [-0.15, -0.1) is 0 Å². The van der Waals surface area contributed by atoms with Crippen molar-refractivity contribution in [1.29, 1.82) is 0 Å². The number of aliphatic hydroxyl groups is 1. The molecule has 0 radical (unpaired) electrons. The van der Waals surface area contributed by atoms with Gasteiger partial charge in [0.15, 0.2) is 0 Å².